The largest absolute Gasteiger partial charge is 0.481 e. The Bertz CT molecular complexity index is 731. The van der Waals surface area contributed by atoms with Crippen LogP contribution >= 0.6 is 0 Å². The molecule has 2 aromatic heterocycles. The lowest BCUT2D eigenvalue weighted by atomic mass is 9.77. The number of nitrogens with zero attached hydrogens (tertiary/aromatic N) is 5. The van der Waals surface area contributed by atoms with Crippen molar-refractivity contribution < 1.29 is 4.74 Å². The van der Waals surface area contributed by atoms with Crippen LogP contribution < -0.4 is 9.64 Å². The monoisotopic (exact) mass is 311 g/mol. The number of methoxy groups -OCH3 is 1. The van der Waals surface area contributed by atoms with Gasteiger partial charge in [0.15, 0.2) is 0 Å². The number of aromatic nitrogens is 4. The van der Waals surface area contributed by atoms with Gasteiger partial charge in [-0.15, -0.1) is 0 Å². The van der Waals surface area contributed by atoms with Gasteiger partial charge in [0.1, 0.15) is 5.82 Å². The van der Waals surface area contributed by atoms with Crippen molar-refractivity contribution in [3.8, 4) is 5.88 Å². The van der Waals surface area contributed by atoms with E-state index in [1.807, 2.05) is 13.1 Å². The number of piperidine rings is 1. The molecule has 23 heavy (non-hydrogen) atoms. The minimum absolute atomic E-state index is 0.119. The van der Waals surface area contributed by atoms with Gasteiger partial charge in [-0.3, -0.25) is 0 Å². The third kappa shape index (κ3) is 2.42. The lowest BCUT2D eigenvalue weighted by molar-refractivity contribution is 0.330. The first-order valence-corrected chi connectivity index (χ1v) is 8.15. The molecule has 120 valence electrons. The quantitative estimate of drug-likeness (QED) is 0.846. The molecular formula is C17H21N5O. The number of rotatable bonds is 2. The first-order chi connectivity index (χ1) is 11.2. The Morgan fingerprint density at radius 1 is 1.22 bits per heavy atom. The Hall–Kier alpha value is -2.24. The molecule has 0 bridgehead atoms. The maximum atomic E-state index is 5.24. The Kier molecular flexibility index (Phi) is 3.39. The summed E-state index contributed by atoms with van der Waals surface area (Å²) in [6.45, 7) is 3.87. The number of hydrogen-bond donors (Lipinski definition) is 0. The van der Waals surface area contributed by atoms with Crippen LogP contribution in [0.3, 0.4) is 0 Å². The maximum absolute atomic E-state index is 5.24. The smallest absolute Gasteiger partial charge is 0.228 e. The van der Waals surface area contributed by atoms with Gasteiger partial charge in [0.05, 0.1) is 12.8 Å². The molecule has 3 heterocycles. The van der Waals surface area contributed by atoms with E-state index in [1.165, 1.54) is 17.7 Å². The van der Waals surface area contributed by atoms with Crippen molar-refractivity contribution in [3.05, 3.63) is 35.5 Å². The summed E-state index contributed by atoms with van der Waals surface area (Å²) < 4.78 is 5.24. The summed E-state index contributed by atoms with van der Waals surface area (Å²) in [6, 6.07) is 1.78. The number of hydrogen-bond acceptors (Lipinski definition) is 6. The number of anilines is 1. The molecule has 6 heteroatoms. The van der Waals surface area contributed by atoms with Crippen LogP contribution in [-0.2, 0) is 11.8 Å². The van der Waals surface area contributed by atoms with Gasteiger partial charge in [-0.25, -0.2) is 15.0 Å². The third-order valence-corrected chi connectivity index (χ3v) is 5.05. The van der Waals surface area contributed by atoms with E-state index in [4.69, 9.17) is 9.72 Å². The number of fused-ring (bicyclic) bond motifs is 2. The Labute approximate surface area is 136 Å². The van der Waals surface area contributed by atoms with Crippen molar-refractivity contribution in [2.45, 2.75) is 38.0 Å². The van der Waals surface area contributed by atoms with Crippen molar-refractivity contribution in [1.29, 1.82) is 0 Å². The van der Waals surface area contributed by atoms with Crippen LogP contribution in [0, 0.1) is 6.92 Å². The van der Waals surface area contributed by atoms with E-state index < -0.39 is 0 Å². The van der Waals surface area contributed by atoms with Gasteiger partial charge in [0.2, 0.25) is 11.8 Å². The zero-order valence-corrected chi connectivity index (χ0v) is 13.6. The summed E-state index contributed by atoms with van der Waals surface area (Å²) in [6.07, 6.45) is 8.29. The van der Waals surface area contributed by atoms with Gasteiger partial charge in [-0.2, -0.15) is 4.98 Å². The molecule has 0 amide bonds. The molecule has 2 aliphatic rings. The molecule has 1 saturated heterocycles. The first kappa shape index (κ1) is 14.4. The SMILES string of the molecule is COc1ccnc(N2CCCC3(CCc4cnc(C)nc43)C2)n1. The number of aryl methyl sites for hydroxylation is 2. The average Bonchev–Trinajstić information content (AvgIpc) is 2.92. The minimum atomic E-state index is 0.119. The van der Waals surface area contributed by atoms with Crippen LogP contribution in [0.1, 0.15) is 36.3 Å². The van der Waals surface area contributed by atoms with Gasteiger partial charge in [0.25, 0.3) is 0 Å². The highest BCUT2D eigenvalue weighted by Gasteiger charge is 2.44. The second kappa shape index (κ2) is 5.44. The molecule has 0 aromatic carbocycles. The maximum Gasteiger partial charge on any atom is 0.228 e. The van der Waals surface area contributed by atoms with Crippen molar-refractivity contribution >= 4 is 5.95 Å². The Balaban J connectivity index is 1.67. The summed E-state index contributed by atoms with van der Waals surface area (Å²) in [7, 11) is 1.64. The highest BCUT2D eigenvalue weighted by atomic mass is 16.5. The summed E-state index contributed by atoms with van der Waals surface area (Å²) in [5, 5.41) is 0. The van der Waals surface area contributed by atoms with E-state index in [1.54, 1.807) is 19.4 Å². The highest BCUT2D eigenvalue weighted by molar-refractivity contribution is 5.40. The van der Waals surface area contributed by atoms with Crippen LogP contribution in [0.5, 0.6) is 5.88 Å². The first-order valence-electron chi connectivity index (χ1n) is 8.15. The van der Waals surface area contributed by atoms with Gasteiger partial charge >= 0.3 is 0 Å². The lowest BCUT2D eigenvalue weighted by Gasteiger charge is -2.40. The van der Waals surface area contributed by atoms with Crippen molar-refractivity contribution in [1.82, 2.24) is 19.9 Å². The normalized spacial score (nSPS) is 23.1. The summed E-state index contributed by atoms with van der Waals surface area (Å²) in [5.74, 6) is 2.22. The Morgan fingerprint density at radius 3 is 3.00 bits per heavy atom. The van der Waals surface area contributed by atoms with Crippen LogP contribution in [0.15, 0.2) is 18.5 Å². The predicted molar refractivity (Wildman–Crippen MR) is 86.8 cm³/mol. The van der Waals surface area contributed by atoms with E-state index >= 15 is 0 Å². The predicted octanol–water partition coefficient (Wildman–Crippen LogP) is 2.07. The molecule has 1 aliphatic heterocycles. The van der Waals surface area contributed by atoms with Gasteiger partial charge in [-0.05, 0) is 38.2 Å². The van der Waals surface area contributed by atoms with E-state index in [2.05, 4.69) is 19.9 Å². The highest BCUT2D eigenvalue weighted by Crippen LogP contribution is 2.44. The standard InChI is InChI=1S/C17H21N5O/c1-12-19-10-13-4-7-17(15(13)20-12)6-3-9-22(11-17)16-18-8-5-14(21-16)23-2/h5,8,10H,3-4,6-7,9,11H2,1-2H3. The van der Waals surface area contributed by atoms with Crippen molar-refractivity contribution in [2.24, 2.45) is 0 Å². The lowest BCUT2D eigenvalue weighted by Crippen LogP contribution is -2.46. The van der Waals surface area contributed by atoms with Crippen LogP contribution in [-0.4, -0.2) is 40.1 Å². The van der Waals surface area contributed by atoms with Crippen LogP contribution in [0.2, 0.25) is 0 Å². The summed E-state index contributed by atoms with van der Waals surface area (Å²) in [5.41, 5.74) is 2.68. The molecule has 2 aromatic rings. The van der Waals surface area contributed by atoms with Crippen LogP contribution in [0.4, 0.5) is 5.95 Å². The molecule has 1 atom stereocenters. The fraction of sp³-hybridized carbons (Fsp3) is 0.529. The molecule has 4 rings (SSSR count). The van der Waals surface area contributed by atoms with E-state index in [0.717, 1.165) is 44.1 Å². The molecule has 1 fully saturated rings. The Morgan fingerprint density at radius 2 is 2.13 bits per heavy atom. The van der Waals surface area contributed by atoms with Gasteiger partial charge in [-0.1, -0.05) is 0 Å². The molecule has 6 nitrogen and oxygen atoms in total. The van der Waals surface area contributed by atoms with E-state index in [9.17, 15) is 0 Å². The van der Waals surface area contributed by atoms with E-state index in [0.29, 0.717) is 5.88 Å². The van der Waals surface area contributed by atoms with Crippen molar-refractivity contribution in [2.75, 3.05) is 25.1 Å². The second-order valence-corrected chi connectivity index (χ2v) is 6.50. The average molecular weight is 311 g/mol. The fourth-order valence-electron chi connectivity index (χ4n) is 3.93. The number of ether oxygens (including phenoxy) is 1. The summed E-state index contributed by atoms with van der Waals surface area (Å²) in [4.78, 5) is 20.4. The molecule has 1 aliphatic carbocycles. The van der Waals surface area contributed by atoms with E-state index in [-0.39, 0.29) is 5.41 Å². The molecular weight excluding hydrogens is 290 g/mol. The third-order valence-electron chi connectivity index (χ3n) is 5.05. The zero-order valence-electron chi connectivity index (χ0n) is 13.6. The fourth-order valence-corrected chi connectivity index (χ4v) is 3.93. The van der Waals surface area contributed by atoms with Crippen molar-refractivity contribution in [3.63, 3.8) is 0 Å². The molecule has 0 N–H and O–H groups in total. The molecule has 1 unspecified atom stereocenters. The topological polar surface area (TPSA) is 64.0 Å². The minimum Gasteiger partial charge on any atom is -0.481 e. The molecule has 1 spiro atoms. The summed E-state index contributed by atoms with van der Waals surface area (Å²) >= 11 is 0. The molecule has 0 radical (unpaired) electrons. The van der Waals surface area contributed by atoms with Gasteiger partial charge in [0, 0.05) is 37.0 Å². The van der Waals surface area contributed by atoms with Crippen LogP contribution in [0.25, 0.3) is 0 Å². The molecule has 0 saturated carbocycles. The zero-order chi connectivity index (χ0) is 15.9. The second-order valence-electron chi connectivity index (χ2n) is 6.50. The van der Waals surface area contributed by atoms with Gasteiger partial charge < -0.3 is 9.64 Å².